The van der Waals surface area contributed by atoms with Gasteiger partial charge in [-0.05, 0) is 24.7 Å². The number of carboxylic acids is 1. The fraction of sp³-hybridized carbons (Fsp3) is 0.800. The number of nitrogens with zero attached hydrogens (tertiary/aromatic N) is 3. The molecule has 1 aromatic heterocycles. The van der Waals surface area contributed by atoms with Crippen molar-refractivity contribution in [2.45, 2.75) is 58.0 Å². The molecular formula is C15H23N3O3. The first-order valence-electron chi connectivity index (χ1n) is 7.66. The highest BCUT2D eigenvalue weighted by molar-refractivity contribution is 5.74. The number of hydrogen-bond donors (Lipinski definition) is 1. The Labute approximate surface area is 124 Å². The van der Waals surface area contributed by atoms with E-state index in [2.05, 4.69) is 10.2 Å². The molecule has 0 aromatic carbocycles. The Kier molecular flexibility index (Phi) is 3.51. The van der Waals surface area contributed by atoms with E-state index < -0.39 is 12.0 Å². The van der Waals surface area contributed by atoms with Gasteiger partial charge in [-0.15, -0.1) is 10.2 Å². The number of carbonyl (C=O) groups is 1. The molecule has 6 nitrogen and oxygen atoms in total. The Morgan fingerprint density at radius 2 is 2.14 bits per heavy atom. The van der Waals surface area contributed by atoms with Crippen LogP contribution >= 0.6 is 0 Å². The summed E-state index contributed by atoms with van der Waals surface area (Å²) in [4.78, 5) is 13.6. The minimum absolute atomic E-state index is 0.182. The summed E-state index contributed by atoms with van der Waals surface area (Å²) < 4.78 is 5.70. The van der Waals surface area contributed by atoms with Gasteiger partial charge >= 0.3 is 5.97 Å². The molecule has 1 aliphatic heterocycles. The van der Waals surface area contributed by atoms with Gasteiger partial charge in [0.2, 0.25) is 11.8 Å². The number of carboxylic acid groups (broad SMARTS) is 1. The SMILES string of the molecule is CC(C)(C)c1nnc(CN2CC3CCCC3C2C(=O)O)o1. The summed E-state index contributed by atoms with van der Waals surface area (Å²) in [6, 6.07) is -0.400. The average molecular weight is 293 g/mol. The van der Waals surface area contributed by atoms with Gasteiger partial charge in [-0.2, -0.15) is 0 Å². The molecule has 3 rings (SSSR count). The molecule has 1 N–H and O–H groups in total. The molecule has 1 aromatic rings. The summed E-state index contributed by atoms with van der Waals surface area (Å²) in [7, 11) is 0. The molecular weight excluding hydrogens is 270 g/mol. The predicted octanol–water partition coefficient (Wildman–Crippen LogP) is 2.05. The van der Waals surface area contributed by atoms with Gasteiger partial charge in [-0.25, -0.2) is 0 Å². The van der Waals surface area contributed by atoms with Crippen molar-refractivity contribution in [1.29, 1.82) is 0 Å². The van der Waals surface area contributed by atoms with Crippen molar-refractivity contribution in [3.05, 3.63) is 11.8 Å². The van der Waals surface area contributed by atoms with Gasteiger partial charge < -0.3 is 9.52 Å². The van der Waals surface area contributed by atoms with Crippen LogP contribution < -0.4 is 0 Å². The van der Waals surface area contributed by atoms with Crippen molar-refractivity contribution in [3.63, 3.8) is 0 Å². The molecule has 0 radical (unpaired) electrons. The summed E-state index contributed by atoms with van der Waals surface area (Å²) in [5.41, 5.74) is -0.182. The zero-order chi connectivity index (χ0) is 15.2. The van der Waals surface area contributed by atoms with E-state index in [1.165, 1.54) is 0 Å². The lowest BCUT2D eigenvalue weighted by atomic mass is 9.94. The van der Waals surface area contributed by atoms with Gasteiger partial charge in [0.05, 0.1) is 6.54 Å². The van der Waals surface area contributed by atoms with Crippen LogP contribution in [0.5, 0.6) is 0 Å². The molecule has 3 atom stereocenters. The smallest absolute Gasteiger partial charge is 0.321 e. The zero-order valence-electron chi connectivity index (χ0n) is 12.9. The van der Waals surface area contributed by atoms with Crippen LogP contribution in [0.3, 0.4) is 0 Å². The fourth-order valence-corrected chi connectivity index (χ4v) is 3.69. The van der Waals surface area contributed by atoms with Crippen molar-refractivity contribution >= 4 is 5.97 Å². The van der Waals surface area contributed by atoms with Gasteiger partial charge in [-0.1, -0.05) is 27.2 Å². The lowest BCUT2D eigenvalue weighted by Crippen LogP contribution is -2.39. The van der Waals surface area contributed by atoms with Crippen molar-refractivity contribution in [2.24, 2.45) is 11.8 Å². The second-order valence-electron chi connectivity index (χ2n) is 7.32. The third-order valence-electron chi connectivity index (χ3n) is 4.69. The minimum atomic E-state index is -0.722. The third-order valence-corrected chi connectivity index (χ3v) is 4.69. The van der Waals surface area contributed by atoms with Crippen LogP contribution in [-0.2, 0) is 16.8 Å². The van der Waals surface area contributed by atoms with Crippen LogP contribution in [0.2, 0.25) is 0 Å². The topological polar surface area (TPSA) is 79.5 Å². The summed E-state index contributed by atoms with van der Waals surface area (Å²) in [6.45, 7) is 7.32. The fourth-order valence-electron chi connectivity index (χ4n) is 3.69. The van der Waals surface area contributed by atoms with E-state index in [9.17, 15) is 9.90 Å². The number of likely N-dealkylation sites (tertiary alicyclic amines) is 1. The normalized spacial score (nSPS) is 29.8. The molecule has 6 heteroatoms. The van der Waals surface area contributed by atoms with Crippen LogP contribution in [0.25, 0.3) is 0 Å². The number of rotatable bonds is 3. The summed E-state index contributed by atoms with van der Waals surface area (Å²) >= 11 is 0. The van der Waals surface area contributed by atoms with Crippen LogP contribution in [0.1, 0.15) is 51.8 Å². The molecule has 1 saturated carbocycles. The molecule has 0 amide bonds. The maximum Gasteiger partial charge on any atom is 0.321 e. The number of aromatic nitrogens is 2. The highest BCUT2D eigenvalue weighted by Gasteiger charge is 2.48. The molecule has 1 aliphatic carbocycles. The monoisotopic (exact) mass is 293 g/mol. The lowest BCUT2D eigenvalue weighted by molar-refractivity contribution is -0.143. The van der Waals surface area contributed by atoms with Gasteiger partial charge in [-0.3, -0.25) is 9.69 Å². The van der Waals surface area contributed by atoms with E-state index in [1.54, 1.807) is 0 Å². The molecule has 0 bridgehead atoms. The Bertz CT molecular complexity index is 535. The molecule has 3 unspecified atom stereocenters. The summed E-state index contributed by atoms with van der Waals surface area (Å²) in [5.74, 6) is 1.19. The maximum absolute atomic E-state index is 11.6. The molecule has 1 saturated heterocycles. The van der Waals surface area contributed by atoms with Crippen LogP contribution in [0.15, 0.2) is 4.42 Å². The lowest BCUT2D eigenvalue weighted by Gasteiger charge is -2.22. The second kappa shape index (κ2) is 5.09. The van der Waals surface area contributed by atoms with Crippen LogP contribution in [0.4, 0.5) is 0 Å². The number of hydrogen-bond acceptors (Lipinski definition) is 5. The maximum atomic E-state index is 11.6. The largest absolute Gasteiger partial charge is 0.480 e. The Balaban J connectivity index is 1.75. The van der Waals surface area contributed by atoms with Gasteiger partial charge in [0.15, 0.2) is 0 Å². The number of fused-ring (bicyclic) bond motifs is 1. The number of aliphatic carboxylic acids is 1. The van der Waals surface area contributed by atoms with Crippen LogP contribution in [-0.4, -0.2) is 38.8 Å². The van der Waals surface area contributed by atoms with Crippen LogP contribution in [0, 0.1) is 11.8 Å². The van der Waals surface area contributed by atoms with Crippen molar-refractivity contribution < 1.29 is 14.3 Å². The minimum Gasteiger partial charge on any atom is -0.480 e. The summed E-state index contributed by atoms with van der Waals surface area (Å²) in [5, 5.41) is 17.7. The standard InChI is InChI=1S/C15H23N3O3/c1-15(2,3)14-17-16-11(21-14)8-18-7-9-5-4-6-10(9)12(18)13(19)20/h9-10,12H,4-8H2,1-3H3,(H,19,20). The van der Waals surface area contributed by atoms with E-state index in [0.29, 0.717) is 24.2 Å². The van der Waals surface area contributed by atoms with Gasteiger partial charge in [0.25, 0.3) is 0 Å². The van der Waals surface area contributed by atoms with E-state index in [1.807, 2.05) is 25.7 Å². The molecule has 2 aliphatic rings. The first-order valence-corrected chi connectivity index (χ1v) is 7.66. The zero-order valence-corrected chi connectivity index (χ0v) is 12.9. The van der Waals surface area contributed by atoms with Crippen molar-refractivity contribution in [3.8, 4) is 0 Å². The molecule has 116 valence electrons. The molecule has 2 heterocycles. The average Bonchev–Trinajstić information content (AvgIpc) is 3.01. The first-order chi connectivity index (χ1) is 9.86. The van der Waals surface area contributed by atoms with Crippen molar-refractivity contribution in [2.75, 3.05) is 6.54 Å². The Hall–Kier alpha value is -1.43. The van der Waals surface area contributed by atoms with E-state index in [-0.39, 0.29) is 11.3 Å². The van der Waals surface area contributed by atoms with Gasteiger partial charge in [0.1, 0.15) is 6.04 Å². The third kappa shape index (κ3) is 2.69. The van der Waals surface area contributed by atoms with E-state index in [0.717, 1.165) is 25.8 Å². The molecule has 0 spiro atoms. The Morgan fingerprint density at radius 1 is 1.38 bits per heavy atom. The van der Waals surface area contributed by atoms with Gasteiger partial charge in [0, 0.05) is 12.0 Å². The Morgan fingerprint density at radius 3 is 2.76 bits per heavy atom. The molecule has 2 fully saturated rings. The van der Waals surface area contributed by atoms with Crippen molar-refractivity contribution in [1.82, 2.24) is 15.1 Å². The summed E-state index contributed by atoms with van der Waals surface area (Å²) in [6.07, 6.45) is 3.32. The quantitative estimate of drug-likeness (QED) is 0.919. The highest BCUT2D eigenvalue weighted by atomic mass is 16.4. The molecule has 21 heavy (non-hydrogen) atoms. The second-order valence-corrected chi connectivity index (χ2v) is 7.32. The first kappa shape index (κ1) is 14.5. The van der Waals surface area contributed by atoms with E-state index >= 15 is 0 Å². The highest BCUT2D eigenvalue weighted by Crippen LogP contribution is 2.42. The predicted molar refractivity (Wildman–Crippen MR) is 75.7 cm³/mol. The van der Waals surface area contributed by atoms with E-state index in [4.69, 9.17) is 4.42 Å².